The van der Waals surface area contributed by atoms with Crippen LogP contribution in [0.15, 0.2) is 36.8 Å². The van der Waals surface area contributed by atoms with Crippen molar-refractivity contribution in [2.75, 3.05) is 13.7 Å². The van der Waals surface area contributed by atoms with E-state index in [0.717, 1.165) is 40.0 Å². The smallest absolute Gasteiger partial charge is 0.141 e. The summed E-state index contributed by atoms with van der Waals surface area (Å²) in [7, 11) is 1.66. The number of nitrogens with two attached hydrogens (primary N) is 1. The first-order valence-corrected chi connectivity index (χ1v) is 6.49. The van der Waals surface area contributed by atoms with E-state index in [0.29, 0.717) is 6.54 Å². The number of hydrogen-bond acceptors (Lipinski definition) is 4. The van der Waals surface area contributed by atoms with Gasteiger partial charge in [-0.15, -0.1) is 0 Å². The highest BCUT2D eigenvalue weighted by atomic mass is 16.5. The van der Waals surface area contributed by atoms with Gasteiger partial charge in [0, 0.05) is 17.1 Å². The highest BCUT2D eigenvalue weighted by Gasteiger charge is 2.12. The molecule has 102 valence electrons. The molecule has 0 bridgehead atoms. The van der Waals surface area contributed by atoms with E-state index in [9.17, 15) is 0 Å². The third kappa shape index (κ3) is 2.12. The van der Waals surface area contributed by atoms with Crippen LogP contribution in [0, 0.1) is 0 Å². The van der Waals surface area contributed by atoms with Gasteiger partial charge in [-0.2, -0.15) is 0 Å². The van der Waals surface area contributed by atoms with Crippen molar-refractivity contribution >= 4 is 11.0 Å². The number of methoxy groups -OCH3 is 1. The lowest BCUT2D eigenvalue weighted by atomic mass is 10.0. The lowest BCUT2D eigenvalue weighted by molar-refractivity contribution is 0.415. The van der Waals surface area contributed by atoms with Gasteiger partial charge in [-0.05, 0) is 42.8 Å². The predicted octanol–water partition coefficient (Wildman–Crippen LogP) is 2.13. The van der Waals surface area contributed by atoms with Crippen LogP contribution >= 0.6 is 0 Å². The monoisotopic (exact) mass is 268 g/mol. The molecule has 2 aromatic heterocycles. The van der Waals surface area contributed by atoms with Crippen molar-refractivity contribution in [3.05, 3.63) is 42.4 Å². The highest BCUT2D eigenvalue weighted by molar-refractivity contribution is 5.93. The Morgan fingerprint density at radius 1 is 1.20 bits per heavy atom. The molecule has 0 radical (unpaired) electrons. The van der Waals surface area contributed by atoms with Crippen LogP contribution in [0.1, 0.15) is 5.56 Å². The molecule has 0 amide bonds. The number of rotatable bonds is 4. The van der Waals surface area contributed by atoms with Crippen molar-refractivity contribution in [2.45, 2.75) is 6.42 Å². The zero-order valence-corrected chi connectivity index (χ0v) is 11.3. The van der Waals surface area contributed by atoms with Gasteiger partial charge in [0.2, 0.25) is 0 Å². The number of aromatic nitrogens is 3. The van der Waals surface area contributed by atoms with E-state index in [4.69, 9.17) is 10.5 Å². The second kappa shape index (κ2) is 5.30. The largest absolute Gasteiger partial charge is 0.497 e. The Morgan fingerprint density at radius 2 is 2.00 bits per heavy atom. The Bertz CT molecular complexity index is 718. The summed E-state index contributed by atoms with van der Waals surface area (Å²) in [6, 6.07) is 7.86. The van der Waals surface area contributed by atoms with Crippen LogP contribution in [-0.2, 0) is 6.42 Å². The minimum Gasteiger partial charge on any atom is -0.497 e. The molecular weight excluding hydrogens is 252 g/mol. The van der Waals surface area contributed by atoms with Crippen LogP contribution in [0.5, 0.6) is 5.75 Å². The average molecular weight is 268 g/mol. The van der Waals surface area contributed by atoms with E-state index in [1.165, 1.54) is 0 Å². The lowest BCUT2D eigenvalue weighted by Crippen LogP contribution is -2.02. The molecule has 0 saturated carbocycles. The molecule has 0 saturated heterocycles. The first-order chi connectivity index (χ1) is 9.83. The number of nitrogens with one attached hydrogen (secondary N) is 1. The molecule has 3 N–H and O–H groups in total. The standard InChI is InChI=1S/C15H16N4O/c1-20-12-4-2-10(3-5-12)14-13-11(6-7-16)8-17-15(13)19-9-18-14/h2-5,8-9H,6-7,16H2,1H3,(H,17,18,19). The summed E-state index contributed by atoms with van der Waals surface area (Å²) in [5.74, 6) is 0.829. The van der Waals surface area contributed by atoms with Gasteiger partial charge in [0.05, 0.1) is 12.8 Å². The number of nitrogens with zero attached hydrogens (tertiary/aromatic N) is 2. The van der Waals surface area contributed by atoms with Crippen molar-refractivity contribution < 1.29 is 4.74 Å². The molecule has 5 nitrogen and oxygen atoms in total. The topological polar surface area (TPSA) is 76.8 Å². The molecule has 0 unspecified atom stereocenters. The summed E-state index contributed by atoms with van der Waals surface area (Å²) in [5.41, 5.74) is 9.61. The number of aromatic amines is 1. The molecule has 0 atom stereocenters. The van der Waals surface area contributed by atoms with E-state index >= 15 is 0 Å². The van der Waals surface area contributed by atoms with Gasteiger partial charge < -0.3 is 15.5 Å². The van der Waals surface area contributed by atoms with Gasteiger partial charge in [0.1, 0.15) is 17.7 Å². The van der Waals surface area contributed by atoms with E-state index in [-0.39, 0.29) is 0 Å². The zero-order valence-electron chi connectivity index (χ0n) is 11.3. The molecule has 3 rings (SSSR count). The Hall–Kier alpha value is -2.40. The van der Waals surface area contributed by atoms with E-state index in [1.807, 2.05) is 30.5 Å². The second-order valence-electron chi connectivity index (χ2n) is 4.53. The number of ether oxygens (including phenoxy) is 1. The van der Waals surface area contributed by atoms with Crippen molar-refractivity contribution in [2.24, 2.45) is 5.73 Å². The van der Waals surface area contributed by atoms with Crippen LogP contribution in [0.2, 0.25) is 0 Å². The second-order valence-corrected chi connectivity index (χ2v) is 4.53. The molecule has 2 heterocycles. The SMILES string of the molecule is COc1ccc(-c2ncnc3[nH]cc(CCN)c23)cc1. The molecule has 5 heteroatoms. The minimum absolute atomic E-state index is 0.601. The van der Waals surface area contributed by atoms with Crippen LogP contribution in [0.3, 0.4) is 0 Å². The van der Waals surface area contributed by atoms with Crippen molar-refractivity contribution in [3.63, 3.8) is 0 Å². The molecule has 20 heavy (non-hydrogen) atoms. The third-order valence-electron chi connectivity index (χ3n) is 3.33. The molecule has 3 aromatic rings. The summed E-state index contributed by atoms with van der Waals surface area (Å²) >= 11 is 0. The van der Waals surface area contributed by atoms with E-state index in [1.54, 1.807) is 13.4 Å². The quantitative estimate of drug-likeness (QED) is 0.760. The summed E-state index contributed by atoms with van der Waals surface area (Å²) in [5, 5.41) is 1.04. The molecule has 0 aliphatic carbocycles. The highest BCUT2D eigenvalue weighted by Crippen LogP contribution is 2.29. The van der Waals surface area contributed by atoms with E-state index < -0.39 is 0 Å². The number of H-pyrrole nitrogens is 1. The average Bonchev–Trinajstić information content (AvgIpc) is 2.91. The number of fused-ring (bicyclic) bond motifs is 1. The number of benzene rings is 1. The molecule has 0 aliphatic rings. The third-order valence-corrected chi connectivity index (χ3v) is 3.33. The lowest BCUT2D eigenvalue weighted by Gasteiger charge is -2.06. The predicted molar refractivity (Wildman–Crippen MR) is 78.6 cm³/mol. The van der Waals surface area contributed by atoms with Crippen molar-refractivity contribution in [1.29, 1.82) is 0 Å². The maximum atomic E-state index is 5.67. The molecular formula is C15H16N4O. The first-order valence-electron chi connectivity index (χ1n) is 6.49. The van der Waals surface area contributed by atoms with Gasteiger partial charge in [-0.3, -0.25) is 0 Å². The summed E-state index contributed by atoms with van der Waals surface area (Å²) in [6.07, 6.45) is 4.33. The van der Waals surface area contributed by atoms with Crippen LogP contribution < -0.4 is 10.5 Å². The van der Waals surface area contributed by atoms with E-state index in [2.05, 4.69) is 15.0 Å². The van der Waals surface area contributed by atoms with Gasteiger partial charge >= 0.3 is 0 Å². The fraction of sp³-hybridized carbons (Fsp3) is 0.200. The molecule has 0 aliphatic heterocycles. The minimum atomic E-state index is 0.601. The van der Waals surface area contributed by atoms with Crippen molar-refractivity contribution in [1.82, 2.24) is 15.0 Å². The van der Waals surface area contributed by atoms with Crippen LogP contribution in [0.25, 0.3) is 22.3 Å². The maximum absolute atomic E-state index is 5.67. The summed E-state index contributed by atoms with van der Waals surface area (Å²) in [6.45, 7) is 0.601. The fourth-order valence-corrected chi connectivity index (χ4v) is 2.35. The van der Waals surface area contributed by atoms with Gasteiger partial charge in [0.25, 0.3) is 0 Å². The van der Waals surface area contributed by atoms with Gasteiger partial charge in [-0.25, -0.2) is 9.97 Å². The molecule has 0 fully saturated rings. The Balaban J connectivity index is 2.16. The Morgan fingerprint density at radius 3 is 2.70 bits per heavy atom. The van der Waals surface area contributed by atoms with Gasteiger partial charge in [-0.1, -0.05) is 0 Å². The van der Waals surface area contributed by atoms with Crippen molar-refractivity contribution in [3.8, 4) is 17.0 Å². The zero-order chi connectivity index (χ0) is 13.9. The normalized spacial score (nSPS) is 10.9. The van der Waals surface area contributed by atoms with Crippen LogP contribution in [-0.4, -0.2) is 28.6 Å². The first kappa shape index (κ1) is 12.6. The fourth-order valence-electron chi connectivity index (χ4n) is 2.35. The molecule has 1 aromatic carbocycles. The van der Waals surface area contributed by atoms with Crippen LogP contribution in [0.4, 0.5) is 0 Å². The Labute approximate surface area is 116 Å². The summed E-state index contributed by atoms with van der Waals surface area (Å²) < 4.78 is 5.18. The molecule has 0 spiro atoms. The Kier molecular flexibility index (Phi) is 3.35. The maximum Gasteiger partial charge on any atom is 0.141 e. The van der Waals surface area contributed by atoms with Gasteiger partial charge in [0.15, 0.2) is 0 Å². The summed E-state index contributed by atoms with van der Waals surface area (Å²) in [4.78, 5) is 11.9. The number of hydrogen-bond donors (Lipinski definition) is 2.